The summed E-state index contributed by atoms with van der Waals surface area (Å²) in [5.74, 6) is 1.14. The summed E-state index contributed by atoms with van der Waals surface area (Å²) in [7, 11) is 0. The first kappa shape index (κ1) is 16.4. The van der Waals surface area contributed by atoms with Gasteiger partial charge in [-0.05, 0) is 61.9 Å². The van der Waals surface area contributed by atoms with Crippen molar-refractivity contribution in [2.24, 2.45) is 5.92 Å². The van der Waals surface area contributed by atoms with Gasteiger partial charge in [-0.1, -0.05) is 13.0 Å². The third kappa shape index (κ3) is 3.91. The highest BCUT2D eigenvalue weighted by molar-refractivity contribution is 5.92. The minimum absolute atomic E-state index is 0.00669. The van der Waals surface area contributed by atoms with Crippen LogP contribution in [0.2, 0.25) is 0 Å². The van der Waals surface area contributed by atoms with Crippen LogP contribution < -0.4 is 5.32 Å². The predicted octanol–water partition coefficient (Wildman–Crippen LogP) is 3.71. The molecule has 1 aliphatic heterocycles. The maximum absolute atomic E-state index is 12.6. The van der Waals surface area contributed by atoms with Crippen molar-refractivity contribution in [2.45, 2.75) is 33.6 Å². The van der Waals surface area contributed by atoms with Crippen LogP contribution in [-0.4, -0.2) is 33.9 Å². The zero-order chi connectivity index (χ0) is 17.1. The van der Waals surface area contributed by atoms with Crippen LogP contribution in [0.4, 0.5) is 11.6 Å². The monoisotopic (exact) mass is 324 g/mol. The maximum Gasteiger partial charge on any atom is 0.272 e. The number of carbonyl (C=O) groups excluding carboxylic acids is 1. The number of amides is 1. The van der Waals surface area contributed by atoms with E-state index in [-0.39, 0.29) is 5.91 Å². The fraction of sp³-hybridized carbons (Fsp3) is 0.421. The SMILES string of the molecule is Cc1cc(C)cc(Nc2nccc(C(=O)N3CCC(C)CC3)n2)c1. The maximum atomic E-state index is 12.6. The normalized spacial score (nSPS) is 15.4. The van der Waals surface area contributed by atoms with Crippen molar-refractivity contribution in [3.8, 4) is 0 Å². The first-order valence-electron chi connectivity index (χ1n) is 8.49. The van der Waals surface area contributed by atoms with Gasteiger partial charge in [-0.25, -0.2) is 9.97 Å². The lowest BCUT2D eigenvalue weighted by molar-refractivity contribution is 0.0691. The van der Waals surface area contributed by atoms with Crippen LogP contribution >= 0.6 is 0 Å². The number of hydrogen-bond acceptors (Lipinski definition) is 4. The number of benzene rings is 1. The van der Waals surface area contributed by atoms with E-state index in [1.807, 2.05) is 17.0 Å². The summed E-state index contributed by atoms with van der Waals surface area (Å²) in [5.41, 5.74) is 3.73. The molecule has 0 bridgehead atoms. The summed E-state index contributed by atoms with van der Waals surface area (Å²) in [6.07, 6.45) is 3.76. The Morgan fingerprint density at radius 3 is 2.50 bits per heavy atom. The Morgan fingerprint density at radius 1 is 1.17 bits per heavy atom. The number of carbonyl (C=O) groups is 1. The van der Waals surface area contributed by atoms with Crippen LogP contribution in [0.5, 0.6) is 0 Å². The Labute approximate surface area is 143 Å². The standard InChI is InChI=1S/C19H24N4O/c1-13-5-8-23(9-6-13)18(24)17-4-7-20-19(22-17)21-16-11-14(2)10-15(3)12-16/h4,7,10-13H,5-6,8-9H2,1-3H3,(H,20,21,22). The average Bonchev–Trinajstić information content (AvgIpc) is 2.54. The fourth-order valence-electron chi connectivity index (χ4n) is 3.09. The molecule has 24 heavy (non-hydrogen) atoms. The minimum Gasteiger partial charge on any atom is -0.337 e. The fourth-order valence-corrected chi connectivity index (χ4v) is 3.09. The number of likely N-dealkylation sites (tertiary alicyclic amines) is 1. The largest absolute Gasteiger partial charge is 0.337 e. The van der Waals surface area contributed by atoms with E-state index < -0.39 is 0 Å². The number of nitrogens with zero attached hydrogens (tertiary/aromatic N) is 3. The smallest absolute Gasteiger partial charge is 0.272 e. The molecule has 3 rings (SSSR count). The topological polar surface area (TPSA) is 58.1 Å². The second-order valence-corrected chi connectivity index (χ2v) is 6.74. The van der Waals surface area contributed by atoms with Gasteiger partial charge in [0.15, 0.2) is 0 Å². The lowest BCUT2D eigenvalue weighted by atomic mass is 9.99. The molecule has 2 heterocycles. The molecule has 126 valence electrons. The van der Waals surface area contributed by atoms with Gasteiger partial charge in [-0.15, -0.1) is 0 Å². The summed E-state index contributed by atoms with van der Waals surface area (Å²) >= 11 is 0. The number of piperidine rings is 1. The minimum atomic E-state index is -0.00669. The van der Waals surface area contributed by atoms with Crippen molar-refractivity contribution in [1.29, 1.82) is 0 Å². The molecule has 1 aliphatic rings. The highest BCUT2D eigenvalue weighted by Gasteiger charge is 2.22. The van der Waals surface area contributed by atoms with E-state index in [0.717, 1.165) is 31.6 Å². The van der Waals surface area contributed by atoms with Gasteiger partial charge in [0.1, 0.15) is 5.69 Å². The second-order valence-electron chi connectivity index (χ2n) is 6.74. The van der Waals surface area contributed by atoms with Crippen LogP contribution in [0.1, 0.15) is 41.4 Å². The van der Waals surface area contributed by atoms with Crippen molar-refractivity contribution in [3.63, 3.8) is 0 Å². The van der Waals surface area contributed by atoms with Crippen LogP contribution in [0.25, 0.3) is 0 Å². The summed E-state index contributed by atoms with van der Waals surface area (Å²) < 4.78 is 0. The van der Waals surface area contributed by atoms with Crippen molar-refractivity contribution in [3.05, 3.63) is 47.3 Å². The third-order valence-electron chi connectivity index (χ3n) is 4.42. The summed E-state index contributed by atoms with van der Waals surface area (Å²) in [6, 6.07) is 7.88. The van der Waals surface area contributed by atoms with E-state index in [9.17, 15) is 4.79 Å². The molecule has 1 amide bonds. The van der Waals surface area contributed by atoms with Gasteiger partial charge in [0, 0.05) is 25.0 Å². The zero-order valence-corrected chi connectivity index (χ0v) is 14.5. The highest BCUT2D eigenvalue weighted by Crippen LogP contribution is 2.19. The molecule has 1 fully saturated rings. The van der Waals surface area contributed by atoms with Gasteiger partial charge in [0.05, 0.1) is 0 Å². The molecule has 1 saturated heterocycles. The molecule has 0 unspecified atom stereocenters. The molecular formula is C19H24N4O. The number of nitrogens with one attached hydrogen (secondary N) is 1. The van der Waals surface area contributed by atoms with Crippen LogP contribution in [0, 0.1) is 19.8 Å². The molecule has 5 heteroatoms. The van der Waals surface area contributed by atoms with E-state index in [0.29, 0.717) is 17.6 Å². The second kappa shape index (κ2) is 6.99. The Hall–Kier alpha value is -2.43. The van der Waals surface area contributed by atoms with Crippen LogP contribution in [0.3, 0.4) is 0 Å². The quantitative estimate of drug-likeness (QED) is 0.935. The number of hydrogen-bond donors (Lipinski definition) is 1. The average molecular weight is 324 g/mol. The van der Waals surface area contributed by atoms with Gasteiger partial charge in [-0.2, -0.15) is 0 Å². The van der Waals surface area contributed by atoms with Gasteiger partial charge in [0.25, 0.3) is 5.91 Å². The Balaban J connectivity index is 1.75. The predicted molar refractivity (Wildman–Crippen MR) is 95.5 cm³/mol. The molecule has 5 nitrogen and oxygen atoms in total. The van der Waals surface area contributed by atoms with Crippen molar-refractivity contribution < 1.29 is 4.79 Å². The molecule has 0 radical (unpaired) electrons. The molecule has 0 aliphatic carbocycles. The highest BCUT2D eigenvalue weighted by atomic mass is 16.2. The van der Waals surface area contributed by atoms with E-state index in [2.05, 4.69) is 42.1 Å². The third-order valence-corrected chi connectivity index (χ3v) is 4.42. The number of rotatable bonds is 3. The molecule has 2 aromatic rings. The van der Waals surface area contributed by atoms with Crippen molar-refractivity contribution in [2.75, 3.05) is 18.4 Å². The van der Waals surface area contributed by atoms with E-state index in [4.69, 9.17) is 0 Å². The molecule has 1 aromatic carbocycles. The van der Waals surface area contributed by atoms with E-state index in [1.54, 1.807) is 12.3 Å². The van der Waals surface area contributed by atoms with E-state index in [1.165, 1.54) is 11.1 Å². The van der Waals surface area contributed by atoms with Gasteiger partial charge < -0.3 is 10.2 Å². The Morgan fingerprint density at radius 2 is 1.83 bits per heavy atom. The lowest BCUT2D eigenvalue weighted by Gasteiger charge is -2.30. The first-order valence-corrected chi connectivity index (χ1v) is 8.49. The lowest BCUT2D eigenvalue weighted by Crippen LogP contribution is -2.38. The van der Waals surface area contributed by atoms with Crippen molar-refractivity contribution >= 4 is 17.5 Å². The number of aromatic nitrogens is 2. The Kier molecular flexibility index (Phi) is 4.79. The molecular weight excluding hydrogens is 300 g/mol. The summed E-state index contributed by atoms with van der Waals surface area (Å²) in [4.78, 5) is 23.2. The van der Waals surface area contributed by atoms with E-state index >= 15 is 0 Å². The molecule has 0 spiro atoms. The summed E-state index contributed by atoms with van der Waals surface area (Å²) in [5, 5.41) is 3.20. The molecule has 0 atom stereocenters. The Bertz CT molecular complexity index is 716. The number of anilines is 2. The first-order chi connectivity index (χ1) is 11.5. The van der Waals surface area contributed by atoms with Crippen LogP contribution in [-0.2, 0) is 0 Å². The molecule has 0 saturated carbocycles. The zero-order valence-electron chi connectivity index (χ0n) is 14.5. The summed E-state index contributed by atoms with van der Waals surface area (Å²) in [6.45, 7) is 7.96. The van der Waals surface area contributed by atoms with Gasteiger partial charge >= 0.3 is 0 Å². The van der Waals surface area contributed by atoms with Crippen LogP contribution in [0.15, 0.2) is 30.5 Å². The van der Waals surface area contributed by atoms with Gasteiger partial charge in [0.2, 0.25) is 5.95 Å². The molecule has 1 N–H and O–H groups in total. The molecule has 1 aromatic heterocycles. The number of aryl methyl sites for hydroxylation is 2. The van der Waals surface area contributed by atoms with Gasteiger partial charge in [-0.3, -0.25) is 4.79 Å². The van der Waals surface area contributed by atoms with Crippen molar-refractivity contribution in [1.82, 2.24) is 14.9 Å².